The van der Waals surface area contributed by atoms with Gasteiger partial charge in [0.15, 0.2) is 18.5 Å². The quantitative estimate of drug-likeness (QED) is 0.193. The summed E-state index contributed by atoms with van der Waals surface area (Å²) in [4.78, 5) is 71.5. The average Bonchev–Trinajstić information content (AvgIpc) is 2.97. The van der Waals surface area contributed by atoms with Crippen LogP contribution in [0.2, 0.25) is 0 Å². The minimum absolute atomic E-state index is 0.0186. The molecule has 1 unspecified atom stereocenters. The molecule has 2 aromatic rings. The molecule has 0 aliphatic carbocycles. The molecule has 0 amide bonds. The maximum atomic E-state index is 12.2. The number of rotatable bonds is 12. The topological polar surface area (TPSA) is 176 Å². The lowest BCUT2D eigenvalue weighted by molar-refractivity contribution is -0.288. The normalized spacial score (nSPS) is 20.8. The van der Waals surface area contributed by atoms with Crippen LogP contribution in [0.5, 0.6) is 11.5 Å². The zero-order chi connectivity index (χ0) is 32.4. The Labute approximate surface area is 252 Å². The highest BCUT2D eigenvalue weighted by Gasteiger charge is 2.53. The molecule has 5 atom stereocenters. The van der Waals surface area contributed by atoms with Crippen LogP contribution in [0.4, 0.5) is 0 Å². The maximum Gasteiger partial charge on any atom is 0.337 e. The number of aldehydes is 1. The number of ether oxygens (including phenoxy) is 8. The Bertz CT molecular complexity index is 1370. The Balaban J connectivity index is 1.94. The first kappa shape index (κ1) is 33.5. The number of hydrogen-bond acceptors (Lipinski definition) is 14. The van der Waals surface area contributed by atoms with Crippen LogP contribution >= 0.6 is 0 Å². The molecule has 3 rings (SSSR count). The first-order chi connectivity index (χ1) is 20.9. The first-order valence-electron chi connectivity index (χ1n) is 13.3. The summed E-state index contributed by atoms with van der Waals surface area (Å²) >= 11 is 0. The molecular weight excluding hydrogens is 584 g/mol. The summed E-state index contributed by atoms with van der Waals surface area (Å²) in [6.45, 7) is 4.01. The van der Waals surface area contributed by atoms with E-state index in [2.05, 4.69) is 4.74 Å². The summed E-state index contributed by atoms with van der Waals surface area (Å²) in [6, 6.07) is 10.9. The third-order valence-electron chi connectivity index (χ3n) is 6.10. The molecule has 1 fully saturated rings. The van der Waals surface area contributed by atoms with Crippen LogP contribution in [0.3, 0.4) is 0 Å². The highest BCUT2D eigenvalue weighted by Crippen LogP contribution is 2.34. The van der Waals surface area contributed by atoms with E-state index in [9.17, 15) is 28.8 Å². The van der Waals surface area contributed by atoms with E-state index in [0.717, 1.165) is 27.7 Å². The van der Waals surface area contributed by atoms with Gasteiger partial charge in [0.05, 0.1) is 18.2 Å². The van der Waals surface area contributed by atoms with Gasteiger partial charge in [0, 0.05) is 27.7 Å². The maximum absolute atomic E-state index is 12.2. The van der Waals surface area contributed by atoms with Gasteiger partial charge in [-0.3, -0.25) is 24.0 Å². The van der Waals surface area contributed by atoms with Crippen molar-refractivity contribution in [3.63, 3.8) is 0 Å². The molecule has 1 saturated heterocycles. The number of hydrogen-bond donors (Lipinski definition) is 0. The van der Waals surface area contributed by atoms with Crippen LogP contribution in [-0.4, -0.2) is 80.6 Å². The number of benzene rings is 2. The van der Waals surface area contributed by atoms with Crippen LogP contribution in [-0.2, 0) is 54.2 Å². The van der Waals surface area contributed by atoms with Crippen molar-refractivity contribution in [1.29, 1.82) is 0 Å². The molecule has 2 aromatic carbocycles. The van der Waals surface area contributed by atoms with Crippen molar-refractivity contribution in [2.45, 2.75) is 65.0 Å². The third kappa shape index (κ3) is 9.01. The first-order valence-corrected chi connectivity index (χ1v) is 13.3. The predicted octanol–water partition coefficient (Wildman–Crippen LogP) is 2.33. The molecule has 44 heavy (non-hydrogen) atoms. The molecule has 0 radical (unpaired) electrons. The highest BCUT2D eigenvalue weighted by molar-refractivity contribution is 5.89. The fourth-order valence-electron chi connectivity index (χ4n) is 4.29. The summed E-state index contributed by atoms with van der Waals surface area (Å²) < 4.78 is 43.7. The zero-order valence-electron chi connectivity index (χ0n) is 24.6. The van der Waals surface area contributed by atoms with Crippen LogP contribution in [0, 0.1) is 0 Å². The second-order valence-electron chi connectivity index (χ2n) is 9.45. The molecule has 0 aromatic heterocycles. The van der Waals surface area contributed by atoms with Crippen molar-refractivity contribution < 1.29 is 66.7 Å². The van der Waals surface area contributed by atoms with E-state index >= 15 is 0 Å². The number of esters is 5. The lowest BCUT2D eigenvalue weighted by Gasteiger charge is -2.44. The molecule has 236 valence electrons. The fourth-order valence-corrected chi connectivity index (χ4v) is 4.29. The molecule has 1 aliphatic rings. The van der Waals surface area contributed by atoms with Gasteiger partial charge >= 0.3 is 29.8 Å². The standard InChI is InChI=1S/C30H32O14/c1-16(32)38-15-25-26(40-17(2)33)27(41-18(3)34)28(42-19(4)35)30(44-25)43-24-8-6-7-23(22(24)13-31)39-14-20-9-11-21(12-10-20)29(36)37-5/h6-13,25-28,30H,14-15H2,1-5H3/t25-,26-,27+,28-,30?/m1/s1. The second kappa shape index (κ2) is 15.5. The second-order valence-corrected chi connectivity index (χ2v) is 9.45. The third-order valence-corrected chi connectivity index (χ3v) is 6.10. The Hall–Kier alpha value is -4.98. The van der Waals surface area contributed by atoms with Crippen LogP contribution in [0.15, 0.2) is 42.5 Å². The SMILES string of the molecule is COC(=O)c1ccc(COc2cccc(OC3O[C@H](COC(C)=O)[C@@H](OC(C)=O)[C@H](OC(C)=O)[C@H]3OC(C)=O)c2C=O)cc1. The fraction of sp³-hybridized carbons (Fsp3) is 0.400. The molecule has 0 spiro atoms. The van der Waals surface area contributed by atoms with Crippen molar-refractivity contribution in [3.05, 3.63) is 59.2 Å². The number of methoxy groups -OCH3 is 1. The van der Waals surface area contributed by atoms with Crippen molar-refractivity contribution >= 4 is 36.1 Å². The van der Waals surface area contributed by atoms with Crippen LogP contribution < -0.4 is 9.47 Å². The van der Waals surface area contributed by atoms with Gasteiger partial charge in [-0.25, -0.2) is 4.79 Å². The highest BCUT2D eigenvalue weighted by atomic mass is 16.7. The van der Waals surface area contributed by atoms with Crippen molar-refractivity contribution in [1.82, 2.24) is 0 Å². The van der Waals surface area contributed by atoms with E-state index in [-0.39, 0.29) is 23.7 Å². The van der Waals surface area contributed by atoms with E-state index in [4.69, 9.17) is 33.2 Å². The minimum atomic E-state index is -1.55. The van der Waals surface area contributed by atoms with Gasteiger partial charge in [-0.15, -0.1) is 0 Å². The lowest BCUT2D eigenvalue weighted by Crippen LogP contribution is -2.63. The Morgan fingerprint density at radius 1 is 0.773 bits per heavy atom. The molecule has 1 heterocycles. The largest absolute Gasteiger partial charge is 0.488 e. The number of carbonyl (C=O) groups is 6. The summed E-state index contributed by atoms with van der Waals surface area (Å²) in [5.41, 5.74) is 0.997. The summed E-state index contributed by atoms with van der Waals surface area (Å²) in [6.07, 6.45) is -6.62. The zero-order valence-corrected chi connectivity index (χ0v) is 24.6. The monoisotopic (exact) mass is 616 g/mol. The molecule has 0 N–H and O–H groups in total. The molecule has 14 nitrogen and oxygen atoms in total. The van der Waals surface area contributed by atoms with Gasteiger partial charge in [0.1, 0.15) is 30.8 Å². The smallest absolute Gasteiger partial charge is 0.337 e. The molecular formula is C30H32O14. The van der Waals surface area contributed by atoms with Crippen LogP contribution in [0.25, 0.3) is 0 Å². The Morgan fingerprint density at radius 2 is 1.36 bits per heavy atom. The van der Waals surface area contributed by atoms with Crippen molar-refractivity contribution in [3.8, 4) is 11.5 Å². The molecule has 0 saturated carbocycles. The van der Waals surface area contributed by atoms with Gasteiger partial charge in [-0.05, 0) is 29.8 Å². The van der Waals surface area contributed by atoms with Gasteiger partial charge in [0.2, 0.25) is 12.4 Å². The van der Waals surface area contributed by atoms with Crippen LogP contribution in [0.1, 0.15) is 54.0 Å². The van der Waals surface area contributed by atoms with E-state index in [1.807, 2.05) is 0 Å². The van der Waals surface area contributed by atoms with E-state index in [0.29, 0.717) is 17.4 Å². The number of carbonyl (C=O) groups excluding carboxylic acids is 6. The molecule has 0 bridgehead atoms. The van der Waals surface area contributed by atoms with E-state index in [1.165, 1.54) is 25.3 Å². The van der Waals surface area contributed by atoms with Gasteiger partial charge in [-0.2, -0.15) is 0 Å². The van der Waals surface area contributed by atoms with Gasteiger partial charge in [-0.1, -0.05) is 18.2 Å². The summed E-state index contributed by atoms with van der Waals surface area (Å²) in [7, 11) is 1.27. The molecule has 1 aliphatic heterocycles. The summed E-state index contributed by atoms with van der Waals surface area (Å²) in [5, 5.41) is 0. The average molecular weight is 617 g/mol. The van der Waals surface area contributed by atoms with Gasteiger partial charge < -0.3 is 37.9 Å². The van der Waals surface area contributed by atoms with Crippen molar-refractivity contribution in [2.75, 3.05) is 13.7 Å². The minimum Gasteiger partial charge on any atom is -0.488 e. The Kier molecular flexibility index (Phi) is 11.8. The predicted molar refractivity (Wildman–Crippen MR) is 147 cm³/mol. The van der Waals surface area contributed by atoms with E-state index < -0.39 is 67.2 Å². The van der Waals surface area contributed by atoms with Crippen molar-refractivity contribution in [2.24, 2.45) is 0 Å². The van der Waals surface area contributed by atoms with Gasteiger partial charge in [0.25, 0.3) is 0 Å². The Morgan fingerprint density at radius 3 is 1.93 bits per heavy atom. The molecule has 14 heteroatoms. The lowest BCUT2D eigenvalue weighted by atomic mass is 9.98. The van der Waals surface area contributed by atoms with E-state index in [1.54, 1.807) is 24.3 Å². The summed E-state index contributed by atoms with van der Waals surface area (Å²) in [5.74, 6) is -3.49.